The van der Waals surface area contributed by atoms with Crippen LogP contribution >= 0.6 is 0 Å². The average Bonchev–Trinajstić information content (AvgIpc) is 3.44. The van der Waals surface area contributed by atoms with Crippen LogP contribution in [0.15, 0.2) is 121 Å². The van der Waals surface area contributed by atoms with E-state index in [1.807, 2.05) is 97.1 Å². The molecule has 6 nitrogen and oxygen atoms in total. The molecule has 2 spiro atoms. The molecule has 0 radical (unpaired) electrons. The third-order valence-corrected chi connectivity index (χ3v) is 16.5. The van der Waals surface area contributed by atoms with Crippen LogP contribution in [-0.2, 0) is 16.6 Å². The molecular formula is C47H51NO5S. The third kappa shape index (κ3) is 5.00. The van der Waals surface area contributed by atoms with E-state index in [9.17, 15) is 18.6 Å². The highest BCUT2D eigenvalue weighted by atomic mass is 32.2. The molecule has 2 N–H and O–H groups in total. The van der Waals surface area contributed by atoms with Crippen molar-refractivity contribution in [1.29, 1.82) is 0 Å². The summed E-state index contributed by atoms with van der Waals surface area (Å²) in [4.78, 5) is 15.4. The van der Waals surface area contributed by atoms with E-state index < -0.39 is 38.0 Å². The lowest BCUT2D eigenvalue weighted by atomic mass is 9.32. The molecule has 3 fully saturated rings. The van der Waals surface area contributed by atoms with Crippen LogP contribution in [0.1, 0.15) is 74.7 Å². The molecule has 7 heteroatoms. The summed E-state index contributed by atoms with van der Waals surface area (Å²) in [5.74, 6) is 0.0567. The first-order chi connectivity index (χ1) is 25.7. The Kier molecular flexibility index (Phi) is 8.16. The highest BCUT2D eigenvalue weighted by molar-refractivity contribution is 7.88. The van der Waals surface area contributed by atoms with Gasteiger partial charge in [-0.1, -0.05) is 129 Å². The van der Waals surface area contributed by atoms with Crippen molar-refractivity contribution >= 4 is 26.6 Å². The summed E-state index contributed by atoms with van der Waals surface area (Å²) in [6, 6.07) is 31.9. The number of nitrogens with zero attached hydrogens (tertiary/aromatic N) is 1. The number of hydrogen-bond donors (Lipinski definition) is 2. The number of Topliss-reactive ketones (excluding diaryl/α,β-unsaturated/α-hetero) is 1. The third-order valence-electron chi connectivity index (χ3n) is 15.3. The predicted octanol–water partition coefficient (Wildman–Crippen LogP) is 8.74. The Morgan fingerprint density at radius 2 is 1.46 bits per heavy atom. The maximum atomic E-state index is 15.4. The lowest BCUT2D eigenvalue weighted by Crippen LogP contribution is -2.67. The second-order valence-corrected chi connectivity index (χ2v) is 19.7. The van der Waals surface area contributed by atoms with E-state index in [1.54, 1.807) is 0 Å². The van der Waals surface area contributed by atoms with Gasteiger partial charge in [0.05, 0.1) is 18.0 Å². The summed E-state index contributed by atoms with van der Waals surface area (Å²) < 4.78 is 28.7. The van der Waals surface area contributed by atoms with Gasteiger partial charge in [0.25, 0.3) is 0 Å². The molecule has 280 valence electrons. The Bertz CT molecular complexity index is 2330. The molecule has 10 rings (SSSR count). The number of fused-ring (bicyclic) bond motifs is 2. The zero-order valence-corrected chi connectivity index (χ0v) is 32.4. The molecule has 6 aliphatic rings. The number of carbonyl (C=O) groups excluding carboxylic acids is 1. The smallest absolute Gasteiger partial charge is 0.211 e. The van der Waals surface area contributed by atoms with Crippen molar-refractivity contribution in [1.82, 2.24) is 4.31 Å². The summed E-state index contributed by atoms with van der Waals surface area (Å²) in [5.41, 5.74) is 0.992. The highest BCUT2D eigenvalue weighted by Crippen LogP contribution is 2.78. The molecule has 4 aromatic rings. The lowest BCUT2D eigenvalue weighted by Gasteiger charge is -2.71. The number of aliphatic hydroxyl groups is 2. The van der Waals surface area contributed by atoms with Crippen molar-refractivity contribution in [2.75, 3.05) is 12.8 Å². The van der Waals surface area contributed by atoms with Crippen molar-refractivity contribution in [2.45, 2.75) is 77.0 Å². The van der Waals surface area contributed by atoms with Crippen LogP contribution in [0.2, 0.25) is 0 Å². The maximum absolute atomic E-state index is 15.4. The molecule has 0 heterocycles. The number of sulfonamides is 1. The van der Waals surface area contributed by atoms with E-state index in [1.165, 1.54) is 10.6 Å². The Morgan fingerprint density at radius 3 is 2.26 bits per heavy atom. The predicted molar refractivity (Wildman–Crippen MR) is 214 cm³/mol. The zero-order valence-electron chi connectivity index (χ0n) is 31.5. The standard InChI is InChI=1S/C47H51NO5S/c1-43-23-20-35(49)28-45(43)26-27-47(39(29-45)42(50)38-19-10-9-18-37(38)33-12-5-4-6-13-33)40(43)21-24-44(2)41(47)22-25-46(44,51)31-48(54(3,52)53)30-34-16-11-15-32-14-7-8-17-36(32)34/h4-19,26-27,29,35,40-41,49,51H,20-25,28,30-31H2,1-3H3/t35?,40-,41-,43-,44+,45+,46-,47-/m1/s1. The van der Waals surface area contributed by atoms with Crippen molar-refractivity contribution in [3.05, 3.63) is 132 Å². The lowest BCUT2D eigenvalue weighted by molar-refractivity contribution is -0.173. The number of benzene rings is 4. The Hall–Kier alpha value is -3.88. The second kappa shape index (κ2) is 12.3. The Balaban J connectivity index is 1.15. The molecule has 1 unspecified atom stereocenters. The van der Waals surface area contributed by atoms with Gasteiger partial charge in [-0.25, -0.2) is 8.42 Å². The largest absolute Gasteiger partial charge is 0.393 e. The first kappa shape index (κ1) is 35.8. The van der Waals surface area contributed by atoms with E-state index in [0.29, 0.717) is 24.8 Å². The summed E-state index contributed by atoms with van der Waals surface area (Å²) in [7, 11) is -3.71. The Labute approximate surface area is 319 Å². The number of carbonyl (C=O) groups is 1. The topological polar surface area (TPSA) is 94.9 Å². The quantitative estimate of drug-likeness (QED) is 0.139. The second-order valence-electron chi connectivity index (χ2n) is 17.7. The molecule has 0 aliphatic heterocycles. The summed E-state index contributed by atoms with van der Waals surface area (Å²) in [6.45, 7) is 4.71. The van der Waals surface area contributed by atoms with Crippen LogP contribution in [0.5, 0.6) is 0 Å². The van der Waals surface area contributed by atoms with Crippen molar-refractivity contribution in [2.24, 2.45) is 33.5 Å². The molecule has 8 atom stereocenters. The highest BCUT2D eigenvalue weighted by Gasteiger charge is 2.74. The fourth-order valence-electron chi connectivity index (χ4n) is 12.5. The van der Waals surface area contributed by atoms with E-state index in [4.69, 9.17) is 0 Å². The molecule has 0 saturated heterocycles. The van der Waals surface area contributed by atoms with E-state index in [0.717, 1.165) is 58.7 Å². The number of ketones is 1. The molecule has 0 amide bonds. The molecular weight excluding hydrogens is 691 g/mol. The van der Waals surface area contributed by atoms with Gasteiger partial charge in [-0.2, -0.15) is 4.31 Å². The van der Waals surface area contributed by atoms with Crippen LogP contribution < -0.4 is 0 Å². The summed E-state index contributed by atoms with van der Waals surface area (Å²) in [5, 5.41) is 26.3. The van der Waals surface area contributed by atoms with Gasteiger partial charge in [-0.05, 0) is 89.7 Å². The van der Waals surface area contributed by atoms with Gasteiger partial charge in [0.2, 0.25) is 10.0 Å². The minimum Gasteiger partial charge on any atom is -0.393 e. The van der Waals surface area contributed by atoms with E-state index >= 15 is 4.79 Å². The van der Waals surface area contributed by atoms with Crippen LogP contribution in [-0.4, -0.2) is 53.2 Å². The number of aliphatic hydroxyl groups excluding tert-OH is 1. The number of rotatable bonds is 8. The minimum atomic E-state index is -3.71. The van der Waals surface area contributed by atoms with Gasteiger partial charge in [-0.3, -0.25) is 4.79 Å². The molecule has 3 saturated carbocycles. The van der Waals surface area contributed by atoms with Gasteiger partial charge in [-0.15, -0.1) is 0 Å². The average molecular weight is 742 g/mol. The SMILES string of the molecule is C[C@]12CC[C@H]3[C@]4(C=C[C@@]5(C=C4C(=O)c4ccccc4-c4ccccc4)CC(O)CC[C@]35C)[C@@H]1CC[C@@]2(O)CN(Cc1cccc2ccccc12)S(C)(=O)=O. The molecule has 0 aromatic heterocycles. The monoisotopic (exact) mass is 741 g/mol. The van der Waals surface area contributed by atoms with E-state index in [-0.39, 0.29) is 36.1 Å². The zero-order chi connectivity index (χ0) is 37.7. The summed E-state index contributed by atoms with van der Waals surface area (Å²) >= 11 is 0. The summed E-state index contributed by atoms with van der Waals surface area (Å²) in [6.07, 6.45) is 12.6. The van der Waals surface area contributed by atoms with Crippen molar-refractivity contribution in [3.8, 4) is 11.1 Å². The van der Waals surface area contributed by atoms with Gasteiger partial charge < -0.3 is 10.2 Å². The molecule has 6 aliphatic carbocycles. The number of allylic oxidation sites excluding steroid dienone is 4. The molecule has 4 aromatic carbocycles. The normalized spacial score (nSPS) is 35.4. The van der Waals surface area contributed by atoms with Gasteiger partial charge in [0, 0.05) is 40.5 Å². The van der Waals surface area contributed by atoms with Gasteiger partial charge in [0.1, 0.15) is 0 Å². The first-order valence-electron chi connectivity index (χ1n) is 19.7. The fourth-order valence-corrected chi connectivity index (χ4v) is 13.3. The van der Waals surface area contributed by atoms with Crippen LogP contribution in [0, 0.1) is 33.5 Å². The van der Waals surface area contributed by atoms with Crippen LogP contribution in [0.4, 0.5) is 0 Å². The first-order valence-corrected chi connectivity index (χ1v) is 21.5. The molecule has 54 heavy (non-hydrogen) atoms. The number of hydrogen-bond acceptors (Lipinski definition) is 5. The van der Waals surface area contributed by atoms with Gasteiger partial charge >= 0.3 is 0 Å². The Morgan fingerprint density at radius 1 is 0.796 bits per heavy atom. The van der Waals surface area contributed by atoms with E-state index in [2.05, 4.69) is 32.1 Å². The van der Waals surface area contributed by atoms with Crippen LogP contribution in [0.25, 0.3) is 21.9 Å². The van der Waals surface area contributed by atoms with Gasteiger partial charge in [0.15, 0.2) is 5.78 Å². The molecule has 2 bridgehead atoms. The maximum Gasteiger partial charge on any atom is 0.211 e. The van der Waals surface area contributed by atoms with Crippen molar-refractivity contribution in [3.63, 3.8) is 0 Å². The minimum absolute atomic E-state index is 0.0102. The van der Waals surface area contributed by atoms with Crippen molar-refractivity contribution < 1.29 is 23.4 Å². The fraction of sp³-hybridized carbons (Fsp3) is 0.426. The van der Waals surface area contributed by atoms with Crippen LogP contribution in [0.3, 0.4) is 0 Å².